The van der Waals surface area contributed by atoms with Crippen LogP contribution >= 0.6 is 0 Å². The summed E-state index contributed by atoms with van der Waals surface area (Å²) in [5.41, 5.74) is 1.09. The number of fused-ring (bicyclic) bond motifs is 1. The van der Waals surface area contributed by atoms with E-state index in [9.17, 15) is 18.4 Å². The number of nitrogens with one attached hydrogen (secondary N) is 1. The second-order valence-electron chi connectivity index (χ2n) is 7.42. The zero-order valence-corrected chi connectivity index (χ0v) is 16.3. The Balaban J connectivity index is 1.40. The molecule has 1 saturated heterocycles. The second-order valence-corrected chi connectivity index (χ2v) is 7.42. The van der Waals surface area contributed by atoms with Crippen LogP contribution in [0.2, 0.25) is 0 Å². The predicted molar refractivity (Wildman–Crippen MR) is 108 cm³/mol. The Morgan fingerprint density at radius 3 is 2.80 bits per heavy atom. The van der Waals surface area contributed by atoms with Crippen LogP contribution < -0.4 is 5.32 Å². The molecule has 3 aromatic rings. The van der Waals surface area contributed by atoms with Crippen molar-refractivity contribution in [3.05, 3.63) is 77.6 Å². The summed E-state index contributed by atoms with van der Waals surface area (Å²) in [4.78, 5) is 30.4. The number of hydrogen-bond donors (Lipinski definition) is 1. The molecule has 2 heterocycles. The quantitative estimate of drug-likeness (QED) is 0.675. The Bertz CT molecular complexity index is 1100. The highest BCUT2D eigenvalue weighted by molar-refractivity contribution is 5.86. The van der Waals surface area contributed by atoms with Gasteiger partial charge in [0.15, 0.2) is 11.6 Å². The normalized spacial score (nSPS) is 16.3. The molecule has 30 heavy (non-hydrogen) atoms. The molecule has 154 valence electrons. The van der Waals surface area contributed by atoms with Crippen molar-refractivity contribution in [2.75, 3.05) is 0 Å². The fraction of sp³-hybridized carbons (Fsp3) is 0.261. The van der Waals surface area contributed by atoms with Gasteiger partial charge in [0.1, 0.15) is 0 Å². The molecule has 7 heteroatoms. The highest BCUT2D eigenvalue weighted by Crippen LogP contribution is 2.25. The number of rotatable bonds is 6. The van der Waals surface area contributed by atoms with E-state index in [1.165, 1.54) is 17.0 Å². The predicted octanol–water partition coefficient (Wildman–Crippen LogP) is 3.71. The standard InChI is InChI=1S/C23H21F2N3O2/c24-20-6-2-5-17(23(20)25)14-28-18(7-8-22(28)30)11-21(29)27-13-16-4-1-3-15-12-26-10-9-19(15)16/h1-6,9-10,12,18H,7-8,11,13-14H2,(H,27,29). The summed E-state index contributed by atoms with van der Waals surface area (Å²) >= 11 is 0. The lowest BCUT2D eigenvalue weighted by molar-refractivity contribution is -0.130. The minimum atomic E-state index is -0.953. The highest BCUT2D eigenvalue weighted by Gasteiger charge is 2.33. The smallest absolute Gasteiger partial charge is 0.223 e. The van der Waals surface area contributed by atoms with Crippen molar-refractivity contribution < 1.29 is 18.4 Å². The number of nitrogens with zero attached hydrogens (tertiary/aromatic N) is 2. The number of hydrogen-bond acceptors (Lipinski definition) is 3. The molecular formula is C23H21F2N3O2. The molecule has 1 aliphatic rings. The van der Waals surface area contributed by atoms with Gasteiger partial charge in [-0.15, -0.1) is 0 Å². The van der Waals surface area contributed by atoms with E-state index in [0.29, 0.717) is 19.4 Å². The van der Waals surface area contributed by atoms with Crippen molar-refractivity contribution in [1.82, 2.24) is 15.2 Å². The number of halogens is 2. The molecule has 0 radical (unpaired) electrons. The Labute approximate surface area is 172 Å². The van der Waals surface area contributed by atoms with Crippen molar-refractivity contribution in [2.24, 2.45) is 0 Å². The average Bonchev–Trinajstić information content (AvgIpc) is 3.09. The van der Waals surface area contributed by atoms with Crippen molar-refractivity contribution in [3.63, 3.8) is 0 Å². The molecule has 1 aliphatic heterocycles. The summed E-state index contributed by atoms with van der Waals surface area (Å²) in [7, 11) is 0. The average molecular weight is 409 g/mol. The molecule has 0 saturated carbocycles. The maximum absolute atomic E-state index is 14.0. The van der Waals surface area contributed by atoms with E-state index in [1.807, 2.05) is 24.3 Å². The van der Waals surface area contributed by atoms with E-state index in [-0.39, 0.29) is 36.4 Å². The molecule has 1 N–H and O–H groups in total. The third-order valence-corrected chi connectivity index (χ3v) is 5.49. The van der Waals surface area contributed by atoms with E-state index in [4.69, 9.17) is 0 Å². The first-order valence-corrected chi connectivity index (χ1v) is 9.83. The monoisotopic (exact) mass is 409 g/mol. The lowest BCUT2D eigenvalue weighted by Crippen LogP contribution is -2.37. The molecule has 1 aromatic heterocycles. The Kier molecular flexibility index (Phi) is 5.70. The number of likely N-dealkylation sites (tertiary alicyclic amines) is 1. The third-order valence-electron chi connectivity index (χ3n) is 5.49. The summed E-state index contributed by atoms with van der Waals surface area (Å²) in [6.45, 7) is 0.316. The van der Waals surface area contributed by atoms with Crippen molar-refractivity contribution in [1.29, 1.82) is 0 Å². The second kappa shape index (κ2) is 8.57. The molecule has 4 rings (SSSR count). The van der Waals surface area contributed by atoms with Crippen LogP contribution in [0.25, 0.3) is 10.8 Å². The number of amides is 2. The SMILES string of the molecule is O=C(CC1CCC(=O)N1Cc1cccc(F)c1F)NCc1cccc2cnccc12. The summed E-state index contributed by atoms with van der Waals surface area (Å²) in [6, 6.07) is 11.3. The van der Waals surface area contributed by atoms with Crippen LogP contribution in [0.1, 0.15) is 30.4 Å². The summed E-state index contributed by atoms with van der Waals surface area (Å²) in [5, 5.41) is 4.92. The molecular weight excluding hydrogens is 388 g/mol. The zero-order valence-electron chi connectivity index (χ0n) is 16.3. The van der Waals surface area contributed by atoms with Crippen molar-refractivity contribution in [2.45, 2.75) is 38.4 Å². The Hall–Kier alpha value is -3.35. The van der Waals surface area contributed by atoms with Crippen molar-refractivity contribution >= 4 is 22.6 Å². The van der Waals surface area contributed by atoms with E-state index in [2.05, 4.69) is 10.3 Å². The van der Waals surface area contributed by atoms with Gasteiger partial charge in [0.2, 0.25) is 11.8 Å². The molecule has 5 nitrogen and oxygen atoms in total. The summed E-state index contributed by atoms with van der Waals surface area (Å²) < 4.78 is 27.5. The van der Waals surface area contributed by atoms with Gasteiger partial charge < -0.3 is 10.2 Å². The maximum atomic E-state index is 14.0. The molecule has 0 spiro atoms. The fourth-order valence-electron chi connectivity index (χ4n) is 3.90. The van der Waals surface area contributed by atoms with E-state index in [0.717, 1.165) is 22.4 Å². The molecule has 2 aromatic carbocycles. The Morgan fingerprint density at radius 1 is 1.13 bits per heavy atom. The lowest BCUT2D eigenvalue weighted by Gasteiger charge is -2.25. The van der Waals surface area contributed by atoms with Gasteiger partial charge >= 0.3 is 0 Å². The number of benzene rings is 2. The van der Waals surface area contributed by atoms with Gasteiger partial charge in [-0.1, -0.05) is 30.3 Å². The van der Waals surface area contributed by atoms with Gasteiger partial charge in [-0.05, 0) is 29.5 Å². The van der Waals surface area contributed by atoms with E-state index < -0.39 is 11.6 Å². The molecule has 0 bridgehead atoms. The van der Waals surface area contributed by atoms with Crippen LogP contribution in [0.5, 0.6) is 0 Å². The molecule has 0 aliphatic carbocycles. The summed E-state index contributed by atoms with van der Waals surface area (Å²) in [6.07, 6.45) is 4.42. The first kappa shape index (κ1) is 19.9. The van der Waals surface area contributed by atoms with Crippen LogP contribution in [-0.2, 0) is 22.7 Å². The van der Waals surface area contributed by atoms with Crippen LogP contribution in [0, 0.1) is 11.6 Å². The van der Waals surface area contributed by atoms with Crippen molar-refractivity contribution in [3.8, 4) is 0 Å². The minimum Gasteiger partial charge on any atom is -0.352 e. The number of carbonyl (C=O) groups is 2. The van der Waals surface area contributed by atoms with Crippen LogP contribution in [0.4, 0.5) is 8.78 Å². The molecule has 1 fully saturated rings. The van der Waals surface area contributed by atoms with Gasteiger partial charge in [0.25, 0.3) is 0 Å². The van der Waals surface area contributed by atoms with Crippen LogP contribution in [0.3, 0.4) is 0 Å². The third kappa shape index (κ3) is 4.15. The molecule has 1 atom stereocenters. The van der Waals surface area contributed by atoms with Gasteiger partial charge in [0.05, 0.1) is 0 Å². The molecule has 1 unspecified atom stereocenters. The first-order valence-electron chi connectivity index (χ1n) is 9.83. The van der Waals surface area contributed by atoms with Gasteiger partial charge in [-0.3, -0.25) is 14.6 Å². The lowest BCUT2D eigenvalue weighted by atomic mass is 10.1. The maximum Gasteiger partial charge on any atom is 0.223 e. The van der Waals surface area contributed by atoms with Gasteiger partial charge in [-0.2, -0.15) is 0 Å². The minimum absolute atomic E-state index is 0.0449. The van der Waals surface area contributed by atoms with Crippen LogP contribution in [-0.4, -0.2) is 27.7 Å². The number of pyridine rings is 1. The number of carbonyl (C=O) groups excluding carboxylic acids is 2. The fourth-order valence-corrected chi connectivity index (χ4v) is 3.90. The van der Waals surface area contributed by atoms with E-state index >= 15 is 0 Å². The Morgan fingerprint density at radius 2 is 1.93 bits per heavy atom. The van der Waals surface area contributed by atoms with Gasteiger partial charge in [-0.25, -0.2) is 8.78 Å². The highest BCUT2D eigenvalue weighted by atomic mass is 19.2. The number of aromatic nitrogens is 1. The largest absolute Gasteiger partial charge is 0.352 e. The zero-order chi connectivity index (χ0) is 21.1. The molecule has 2 amide bonds. The van der Waals surface area contributed by atoms with E-state index in [1.54, 1.807) is 12.4 Å². The van der Waals surface area contributed by atoms with Gasteiger partial charge in [0, 0.05) is 55.3 Å². The van der Waals surface area contributed by atoms with Crippen LogP contribution in [0.15, 0.2) is 54.9 Å². The topological polar surface area (TPSA) is 62.3 Å². The first-order chi connectivity index (χ1) is 14.5. The summed E-state index contributed by atoms with van der Waals surface area (Å²) in [5.74, 6) is -2.24.